The van der Waals surface area contributed by atoms with Gasteiger partial charge in [0.15, 0.2) is 0 Å². The van der Waals surface area contributed by atoms with Crippen molar-refractivity contribution in [1.29, 1.82) is 0 Å². The Morgan fingerprint density at radius 2 is 2.46 bits per heavy atom. The highest BCUT2D eigenvalue weighted by Crippen LogP contribution is 2.16. The molecule has 2 rings (SSSR count). The molecule has 0 aromatic rings. The van der Waals surface area contributed by atoms with E-state index in [9.17, 15) is 0 Å². The van der Waals surface area contributed by atoms with E-state index < -0.39 is 0 Å². The van der Waals surface area contributed by atoms with Crippen LogP contribution in [0.15, 0.2) is 11.9 Å². The lowest BCUT2D eigenvalue weighted by atomic mass is 10.1. The van der Waals surface area contributed by atoms with Crippen molar-refractivity contribution in [2.24, 2.45) is 5.73 Å². The van der Waals surface area contributed by atoms with Crippen LogP contribution in [0.25, 0.3) is 0 Å². The van der Waals surface area contributed by atoms with E-state index in [0.29, 0.717) is 0 Å². The van der Waals surface area contributed by atoms with Gasteiger partial charge in [-0.15, -0.1) is 0 Å². The Balaban J connectivity index is 1.85. The Morgan fingerprint density at radius 3 is 3.15 bits per heavy atom. The minimum Gasteiger partial charge on any atom is -0.399 e. The fraction of sp³-hybridized carbons (Fsp3) is 0.778. The summed E-state index contributed by atoms with van der Waals surface area (Å²) in [6.45, 7) is 2.48. The SMILES string of the molecule is NC1=CNCCC1OC1CCOC1. The van der Waals surface area contributed by atoms with Crippen LogP contribution in [0, 0.1) is 0 Å². The molecule has 0 aromatic carbocycles. The minimum atomic E-state index is 0.0907. The molecule has 13 heavy (non-hydrogen) atoms. The van der Waals surface area contributed by atoms with Crippen LogP contribution in [0.1, 0.15) is 12.8 Å². The van der Waals surface area contributed by atoms with Crippen molar-refractivity contribution in [3.63, 3.8) is 0 Å². The Hall–Kier alpha value is -0.740. The zero-order chi connectivity index (χ0) is 9.10. The predicted molar refractivity (Wildman–Crippen MR) is 49.0 cm³/mol. The summed E-state index contributed by atoms with van der Waals surface area (Å²) in [7, 11) is 0. The van der Waals surface area contributed by atoms with Gasteiger partial charge in [-0.05, 0) is 12.8 Å². The fourth-order valence-corrected chi connectivity index (χ4v) is 1.66. The molecule has 0 radical (unpaired) electrons. The highest BCUT2D eigenvalue weighted by atomic mass is 16.6. The van der Waals surface area contributed by atoms with Gasteiger partial charge < -0.3 is 20.5 Å². The predicted octanol–water partition coefficient (Wildman–Crippen LogP) is -0.0461. The van der Waals surface area contributed by atoms with Crippen molar-refractivity contribution < 1.29 is 9.47 Å². The summed E-state index contributed by atoms with van der Waals surface area (Å²) in [5.41, 5.74) is 6.59. The smallest absolute Gasteiger partial charge is 0.100 e. The molecule has 0 bridgehead atoms. The number of hydrogen-bond acceptors (Lipinski definition) is 4. The summed E-state index contributed by atoms with van der Waals surface area (Å²) in [5, 5.41) is 3.09. The van der Waals surface area contributed by atoms with Gasteiger partial charge in [-0.3, -0.25) is 0 Å². The van der Waals surface area contributed by atoms with Crippen molar-refractivity contribution in [1.82, 2.24) is 5.32 Å². The molecule has 1 saturated heterocycles. The second kappa shape index (κ2) is 3.98. The van der Waals surface area contributed by atoms with Gasteiger partial charge >= 0.3 is 0 Å². The largest absolute Gasteiger partial charge is 0.399 e. The van der Waals surface area contributed by atoms with Crippen LogP contribution in [-0.4, -0.2) is 32.0 Å². The second-order valence-electron chi connectivity index (χ2n) is 3.50. The summed E-state index contributed by atoms with van der Waals surface area (Å²) in [5.74, 6) is 0. The van der Waals surface area contributed by atoms with E-state index in [4.69, 9.17) is 15.2 Å². The molecule has 0 aromatic heterocycles. The lowest BCUT2D eigenvalue weighted by molar-refractivity contribution is -0.00389. The molecule has 2 aliphatic heterocycles. The molecule has 4 heteroatoms. The van der Waals surface area contributed by atoms with Gasteiger partial charge in [0.25, 0.3) is 0 Å². The van der Waals surface area contributed by atoms with E-state index in [0.717, 1.165) is 38.3 Å². The third-order valence-corrected chi connectivity index (χ3v) is 2.44. The van der Waals surface area contributed by atoms with E-state index in [2.05, 4.69) is 5.32 Å². The minimum absolute atomic E-state index is 0.0907. The van der Waals surface area contributed by atoms with Crippen molar-refractivity contribution in [3.05, 3.63) is 11.9 Å². The van der Waals surface area contributed by atoms with Crippen LogP contribution in [0.5, 0.6) is 0 Å². The number of nitrogens with one attached hydrogen (secondary N) is 1. The number of rotatable bonds is 2. The van der Waals surface area contributed by atoms with Crippen LogP contribution in [-0.2, 0) is 9.47 Å². The molecule has 3 N–H and O–H groups in total. The van der Waals surface area contributed by atoms with E-state index in [1.54, 1.807) is 0 Å². The van der Waals surface area contributed by atoms with Gasteiger partial charge in [-0.2, -0.15) is 0 Å². The molecule has 4 nitrogen and oxygen atoms in total. The van der Waals surface area contributed by atoms with Gasteiger partial charge in [0.05, 0.1) is 18.4 Å². The Morgan fingerprint density at radius 1 is 1.54 bits per heavy atom. The third-order valence-electron chi connectivity index (χ3n) is 2.44. The lowest BCUT2D eigenvalue weighted by Gasteiger charge is -2.25. The average Bonchev–Trinajstić information content (AvgIpc) is 2.61. The normalized spacial score (nSPS) is 34.0. The van der Waals surface area contributed by atoms with Gasteiger partial charge in [-0.25, -0.2) is 0 Å². The van der Waals surface area contributed by atoms with E-state index >= 15 is 0 Å². The van der Waals surface area contributed by atoms with Crippen LogP contribution in [0.3, 0.4) is 0 Å². The van der Waals surface area contributed by atoms with Crippen LogP contribution >= 0.6 is 0 Å². The van der Waals surface area contributed by atoms with E-state index in [1.165, 1.54) is 0 Å². The molecule has 0 aliphatic carbocycles. The van der Waals surface area contributed by atoms with Gasteiger partial charge in [-0.1, -0.05) is 0 Å². The average molecular weight is 184 g/mol. The third kappa shape index (κ3) is 2.14. The Bertz CT molecular complexity index is 200. The number of hydrogen-bond donors (Lipinski definition) is 2. The van der Waals surface area contributed by atoms with E-state index in [1.807, 2.05) is 6.20 Å². The zero-order valence-corrected chi connectivity index (χ0v) is 7.66. The highest BCUT2D eigenvalue weighted by Gasteiger charge is 2.23. The zero-order valence-electron chi connectivity index (χ0n) is 7.66. The topological polar surface area (TPSA) is 56.5 Å². The molecule has 0 amide bonds. The number of ether oxygens (including phenoxy) is 2. The molecule has 2 unspecified atom stereocenters. The van der Waals surface area contributed by atoms with Crippen molar-refractivity contribution >= 4 is 0 Å². The van der Waals surface area contributed by atoms with Crippen LogP contribution in [0.2, 0.25) is 0 Å². The maximum Gasteiger partial charge on any atom is 0.100 e. The molecular weight excluding hydrogens is 168 g/mol. The first kappa shape index (κ1) is 8.84. The lowest BCUT2D eigenvalue weighted by Crippen LogP contribution is -2.34. The van der Waals surface area contributed by atoms with Crippen LogP contribution < -0.4 is 11.1 Å². The second-order valence-corrected chi connectivity index (χ2v) is 3.50. The first-order valence-corrected chi connectivity index (χ1v) is 4.78. The standard InChI is InChI=1S/C9H16N2O2/c10-8-5-11-3-1-9(8)13-7-2-4-12-6-7/h5,7,9,11H,1-4,6,10H2. The van der Waals surface area contributed by atoms with Crippen molar-refractivity contribution in [2.45, 2.75) is 25.0 Å². The monoisotopic (exact) mass is 184 g/mol. The van der Waals surface area contributed by atoms with Crippen LogP contribution in [0.4, 0.5) is 0 Å². The summed E-state index contributed by atoms with van der Waals surface area (Å²) in [4.78, 5) is 0. The summed E-state index contributed by atoms with van der Waals surface area (Å²) < 4.78 is 11.0. The molecule has 74 valence electrons. The Labute approximate surface area is 78.1 Å². The molecule has 2 aliphatic rings. The van der Waals surface area contributed by atoms with Gasteiger partial charge in [0.1, 0.15) is 6.10 Å². The summed E-state index contributed by atoms with van der Waals surface area (Å²) >= 11 is 0. The molecule has 0 spiro atoms. The molecule has 2 atom stereocenters. The summed E-state index contributed by atoms with van der Waals surface area (Å²) in [6.07, 6.45) is 4.13. The first-order valence-electron chi connectivity index (χ1n) is 4.78. The molecular formula is C9H16N2O2. The van der Waals surface area contributed by atoms with Crippen molar-refractivity contribution in [2.75, 3.05) is 19.8 Å². The quantitative estimate of drug-likeness (QED) is 0.632. The summed E-state index contributed by atoms with van der Waals surface area (Å²) in [6, 6.07) is 0. The van der Waals surface area contributed by atoms with Gasteiger partial charge in [0.2, 0.25) is 0 Å². The molecule has 2 heterocycles. The molecule has 1 fully saturated rings. The fourth-order valence-electron chi connectivity index (χ4n) is 1.66. The van der Waals surface area contributed by atoms with Gasteiger partial charge in [0, 0.05) is 19.4 Å². The molecule has 0 saturated carbocycles. The highest BCUT2D eigenvalue weighted by molar-refractivity contribution is 5.06. The maximum atomic E-state index is 5.81. The number of nitrogens with two attached hydrogens (primary N) is 1. The van der Waals surface area contributed by atoms with Crippen molar-refractivity contribution in [3.8, 4) is 0 Å². The maximum absolute atomic E-state index is 5.81. The van der Waals surface area contributed by atoms with E-state index in [-0.39, 0.29) is 12.2 Å². The Kier molecular flexibility index (Phi) is 2.71. The first-order chi connectivity index (χ1) is 6.36.